The van der Waals surface area contributed by atoms with Gasteiger partial charge in [-0.1, -0.05) is 11.8 Å². The maximum Gasteiger partial charge on any atom is 0.234 e. The molecule has 3 rings (SSSR count). The number of nitrogens with zero attached hydrogens (tertiary/aromatic N) is 3. The summed E-state index contributed by atoms with van der Waals surface area (Å²) in [4.78, 5) is 12.5. The van der Waals surface area contributed by atoms with Gasteiger partial charge in [0.1, 0.15) is 17.8 Å². The van der Waals surface area contributed by atoms with Crippen molar-refractivity contribution in [1.82, 2.24) is 14.8 Å². The minimum absolute atomic E-state index is 0.154. The van der Waals surface area contributed by atoms with E-state index in [4.69, 9.17) is 4.74 Å². The number of carbonyl (C=O) groups is 1. The van der Waals surface area contributed by atoms with Crippen LogP contribution in [0.5, 0.6) is 11.5 Å². The van der Waals surface area contributed by atoms with Gasteiger partial charge < -0.3 is 14.6 Å². The van der Waals surface area contributed by atoms with Gasteiger partial charge in [-0.2, -0.15) is 0 Å². The van der Waals surface area contributed by atoms with Crippen LogP contribution in [0.4, 0.5) is 5.69 Å². The number of anilines is 1. The zero-order valence-electron chi connectivity index (χ0n) is 17.7. The number of thioether (sulfide) groups is 1. The lowest BCUT2D eigenvalue weighted by molar-refractivity contribution is -0.113. The maximum absolute atomic E-state index is 12.3. The summed E-state index contributed by atoms with van der Waals surface area (Å²) in [6.07, 6.45) is 2.82. The Balaban J connectivity index is 1.54. The lowest BCUT2D eigenvalue weighted by atomic mass is 10.1. The van der Waals surface area contributed by atoms with Crippen LogP contribution in [0.15, 0.2) is 64.9 Å². The zero-order chi connectivity index (χ0) is 22.6. The summed E-state index contributed by atoms with van der Waals surface area (Å²) in [6, 6.07) is 13.1. The first kappa shape index (κ1) is 22.8. The minimum Gasteiger partial charge on any atom is -0.457 e. The summed E-state index contributed by atoms with van der Waals surface area (Å²) in [5.41, 5.74) is 0.478. The van der Waals surface area contributed by atoms with Crippen LogP contribution in [-0.2, 0) is 20.2 Å². The molecule has 0 aliphatic rings. The number of ether oxygens (including phenoxy) is 1. The minimum atomic E-state index is -3.24. The summed E-state index contributed by atoms with van der Waals surface area (Å²) < 4.78 is 30.7. The van der Waals surface area contributed by atoms with Crippen LogP contribution in [0, 0.1) is 0 Å². The fourth-order valence-electron chi connectivity index (χ4n) is 2.61. The van der Waals surface area contributed by atoms with Crippen molar-refractivity contribution in [2.75, 3.05) is 17.3 Å². The molecule has 0 aliphatic heterocycles. The van der Waals surface area contributed by atoms with Gasteiger partial charge in [-0.25, -0.2) is 8.42 Å². The highest BCUT2D eigenvalue weighted by Gasteiger charge is 2.18. The van der Waals surface area contributed by atoms with Crippen molar-refractivity contribution in [2.24, 2.45) is 0 Å². The normalized spacial score (nSPS) is 11.9. The molecule has 0 radical (unpaired) electrons. The van der Waals surface area contributed by atoms with E-state index in [0.717, 1.165) is 6.26 Å². The fourth-order valence-corrected chi connectivity index (χ4v) is 4.14. The number of hydrogen-bond acceptors (Lipinski definition) is 7. The van der Waals surface area contributed by atoms with E-state index < -0.39 is 9.84 Å². The zero-order valence-corrected chi connectivity index (χ0v) is 19.3. The van der Waals surface area contributed by atoms with Crippen LogP contribution in [0.25, 0.3) is 0 Å². The lowest BCUT2D eigenvalue weighted by Crippen LogP contribution is -2.22. The molecule has 0 spiro atoms. The van der Waals surface area contributed by atoms with Crippen molar-refractivity contribution in [3.05, 3.63) is 54.9 Å². The van der Waals surface area contributed by atoms with Crippen molar-refractivity contribution in [3.8, 4) is 11.5 Å². The van der Waals surface area contributed by atoms with Gasteiger partial charge in [0.25, 0.3) is 0 Å². The van der Waals surface area contributed by atoms with Crippen molar-refractivity contribution < 1.29 is 17.9 Å². The number of rotatable bonds is 7. The quantitative estimate of drug-likeness (QED) is 0.532. The first-order valence-electron chi connectivity index (χ1n) is 9.43. The molecule has 0 bridgehead atoms. The van der Waals surface area contributed by atoms with Crippen LogP contribution < -0.4 is 10.1 Å². The monoisotopic (exact) mass is 460 g/mol. The van der Waals surface area contributed by atoms with E-state index in [9.17, 15) is 13.2 Å². The number of hydrogen-bond donors (Lipinski definition) is 1. The second kappa shape index (κ2) is 9.11. The molecule has 31 heavy (non-hydrogen) atoms. The van der Waals surface area contributed by atoms with Gasteiger partial charge in [0, 0.05) is 17.5 Å². The lowest BCUT2D eigenvalue weighted by Gasteiger charge is -2.21. The van der Waals surface area contributed by atoms with Crippen molar-refractivity contribution in [3.63, 3.8) is 0 Å². The standard InChI is InChI=1S/C21H24N4O4S2/c1-21(2,3)25-14-22-24-20(25)30-13-19(26)23-15-5-7-16(8-6-15)29-17-9-11-18(12-10-17)31(4,27)28/h5-12,14H,13H2,1-4H3,(H,23,26). The molecule has 2 aromatic carbocycles. The molecule has 10 heteroatoms. The third-order valence-electron chi connectivity index (χ3n) is 4.20. The Morgan fingerprint density at radius 2 is 1.65 bits per heavy atom. The molecule has 1 N–H and O–H groups in total. The number of sulfone groups is 1. The Morgan fingerprint density at radius 1 is 1.06 bits per heavy atom. The van der Waals surface area contributed by atoms with Gasteiger partial charge in [0.05, 0.1) is 10.6 Å². The summed E-state index contributed by atoms with van der Waals surface area (Å²) in [5.74, 6) is 1.14. The molecular formula is C21H24N4O4S2. The molecule has 3 aromatic rings. The average Bonchev–Trinajstić information content (AvgIpc) is 3.17. The van der Waals surface area contributed by atoms with E-state index in [1.807, 2.05) is 25.3 Å². The Morgan fingerprint density at radius 3 is 2.19 bits per heavy atom. The second-order valence-corrected chi connectivity index (χ2v) is 10.8. The molecule has 1 amide bonds. The summed E-state index contributed by atoms with van der Waals surface area (Å²) >= 11 is 1.33. The largest absolute Gasteiger partial charge is 0.457 e. The molecule has 0 saturated carbocycles. The van der Waals surface area contributed by atoms with Gasteiger partial charge in [-0.05, 0) is 69.3 Å². The maximum atomic E-state index is 12.3. The van der Waals surface area contributed by atoms with E-state index in [1.165, 1.54) is 23.9 Å². The first-order chi connectivity index (χ1) is 14.5. The molecule has 164 valence electrons. The molecule has 0 saturated heterocycles. The van der Waals surface area contributed by atoms with Crippen molar-refractivity contribution in [1.29, 1.82) is 0 Å². The first-order valence-corrected chi connectivity index (χ1v) is 12.3. The predicted molar refractivity (Wildman–Crippen MR) is 120 cm³/mol. The van der Waals surface area contributed by atoms with E-state index in [-0.39, 0.29) is 22.1 Å². The predicted octanol–water partition coefficient (Wildman–Crippen LogP) is 3.96. The second-order valence-electron chi connectivity index (χ2n) is 7.86. The number of nitrogens with one attached hydrogen (secondary N) is 1. The van der Waals surface area contributed by atoms with E-state index in [1.54, 1.807) is 42.7 Å². The van der Waals surface area contributed by atoms with Gasteiger partial charge in [0.2, 0.25) is 5.91 Å². The molecule has 0 fully saturated rings. The molecule has 1 aromatic heterocycles. The van der Waals surface area contributed by atoms with Crippen molar-refractivity contribution in [2.45, 2.75) is 36.4 Å². The third kappa shape index (κ3) is 6.31. The van der Waals surface area contributed by atoms with Gasteiger partial charge in [-0.3, -0.25) is 4.79 Å². The molecule has 0 atom stereocenters. The highest BCUT2D eigenvalue weighted by molar-refractivity contribution is 7.99. The van der Waals surface area contributed by atoms with Gasteiger partial charge >= 0.3 is 0 Å². The third-order valence-corrected chi connectivity index (χ3v) is 6.27. The topological polar surface area (TPSA) is 103 Å². The van der Waals surface area contributed by atoms with Crippen LogP contribution in [-0.4, -0.2) is 41.1 Å². The Kier molecular flexibility index (Phi) is 6.71. The van der Waals surface area contributed by atoms with E-state index in [2.05, 4.69) is 15.5 Å². The highest BCUT2D eigenvalue weighted by Crippen LogP contribution is 2.25. The number of benzene rings is 2. The van der Waals surface area contributed by atoms with Crippen LogP contribution >= 0.6 is 11.8 Å². The van der Waals surface area contributed by atoms with Gasteiger partial charge in [-0.15, -0.1) is 10.2 Å². The van der Waals surface area contributed by atoms with Crippen LogP contribution in [0.1, 0.15) is 20.8 Å². The molecule has 0 unspecified atom stereocenters. The molecule has 0 aliphatic carbocycles. The average molecular weight is 461 g/mol. The Labute approximate surface area is 186 Å². The number of aromatic nitrogens is 3. The number of amides is 1. The molecular weight excluding hydrogens is 436 g/mol. The van der Waals surface area contributed by atoms with E-state index >= 15 is 0 Å². The summed E-state index contributed by atoms with van der Waals surface area (Å²) in [6.45, 7) is 6.14. The van der Waals surface area contributed by atoms with Crippen LogP contribution in [0.3, 0.4) is 0 Å². The Bertz CT molecular complexity index is 1150. The molecule has 8 nitrogen and oxygen atoms in total. The number of carbonyl (C=O) groups excluding carboxylic acids is 1. The van der Waals surface area contributed by atoms with Gasteiger partial charge in [0.15, 0.2) is 15.0 Å². The highest BCUT2D eigenvalue weighted by atomic mass is 32.2. The van der Waals surface area contributed by atoms with Crippen LogP contribution in [0.2, 0.25) is 0 Å². The van der Waals surface area contributed by atoms with Crippen molar-refractivity contribution >= 4 is 33.2 Å². The molecule has 1 heterocycles. The Hall–Kier alpha value is -2.85. The summed E-state index contributed by atoms with van der Waals surface area (Å²) in [7, 11) is -3.24. The smallest absolute Gasteiger partial charge is 0.234 e. The summed E-state index contributed by atoms with van der Waals surface area (Å²) in [5, 5.41) is 11.5. The SMILES string of the molecule is CC(C)(C)n1cnnc1SCC(=O)Nc1ccc(Oc2ccc(S(C)(=O)=O)cc2)cc1. The fraction of sp³-hybridized carbons (Fsp3) is 0.286. The van der Waals surface area contributed by atoms with E-state index in [0.29, 0.717) is 22.3 Å².